The number of rotatable bonds is 8. The molecule has 0 amide bonds. The second kappa shape index (κ2) is 8.26. The van der Waals surface area contributed by atoms with Crippen LogP contribution in [0, 0.1) is 11.3 Å². The molecule has 1 aliphatic heterocycles. The van der Waals surface area contributed by atoms with E-state index in [2.05, 4.69) is 44.8 Å². The lowest BCUT2D eigenvalue weighted by atomic mass is 9.86. The van der Waals surface area contributed by atoms with Gasteiger partial charge in [-0.3, -0.25) is 4.90 Å². The molecule has 1 unspecified atom stereocenters. The van der Waals surface area contributed by atoms with Crippen molar-refractivity contribution in [3.63, 3.8) is 0 Å². The van der Waals surface area contributed by atoms with Gasteiger partial charge in [0.2, 0.25) is 0 Å². The zero-order valence-electron chi connectivity index (χ0n) is 14.0. The summed E-state index contributed by atoms with van der Waals surface area (Å²) in [4.78, 5) is 2.69. The predicted octanol–water partition coefficient (Wildman–Crippen LogP) is 3.91. The first-order valence-corrected chi connectivity index (χ1v) is 8.38. The van der Waals surface area contributed by atoms with E-state index in [1.807, 2.05) is 0 Å². The van der Waals surface area contributed by atoms with Gasteiger partial charge in [0.25, 0.3) is 0 Å². The van der Waals surface area contributed by atoms with Crippen LogP contribution in [-0.2, 0) is 0 Å². The Bertz CT molecular complexity index is 235. The normalized spacial score (nSPS) is 22.1. The van der Waals surface area contributed by atoms with Crippen molar-refractivity contribution in [1.82, 2.24) is 10.2 Å². The fourth-order valence-electron chi connectivity index (χ4n) is 3.30. The van der Waals surface area contributed by atoms with E-state index in [0.29, 0.717) is 11.5 Å². The highest BCUT2D eigenvalue weighted by atomic mass is 15.2. The Balaban J connectivity index is 2.33. The molecule has 0 spiro atoms. The van der Waals surface area contributed by atoms with Crippen LogP contribution in [0.25, 0.3) is 0 Å². The minimum Gasteiger partial charge on any atom is -0.311 e. The van der Waals surface area contributed by atoms with E-state index in [-0.39, 0.29) is 0 Å². The summed E-state index contributed by atoms with van der Waals surface area (Å²) >= 11 is 0. The SMILES string of the molecule is CCCCCC(C)(C)CN1CCNC(CC(C)C)C1. The van der Waals surface area contributed by atoms with Gasteiger partial charge in [-0.2, -0.15) is 0 Å². The van der Waals surface area contributed by atoms with E-state index in [0.717, 1.165) is 5.92 Å². The molecular formula is C17H36N2. The van der Waals surface area contributed by atoms with Crippen LogP contribution in [0.3, 0.4) is 0 Å². The van der Waals surface area contributed by atoms with Crippen molar-refractivity contribution in [3.05, 3.63) is 0 Å². The highest BCUT2D eigenvalue weighted by Crippen LogP contribution is 2.25. The molecule has 0 aromatic rings. The first-order valence-electron chi connectivity index (χ1n) is 8.38. The van der Waals surface area contributed by atoms with E-state index in [9.17, 15) is 0 Å². The van der Waals surface area contributed by atoms with Crippen molar-refractivity contribution in [2.24, 2.45) is 11.3 Å². The molecule has 1 rings (SSSR count). The summed E-state index contributed by atoms with van der Waals surface area (Å²) in [6.45, 7) is 16.8. The molecule has 1 aliphatic rings. The van der Waals surface area contributed by atoms with E-state index in [1.165, 1.54) is 58.3 Å². The van der Waals surface area contributed by atoms with Crippen LogP contribution in [0.15, 0.2) is 0 Å². The van der Waals surface area contributed by atoms with Gasteiger partial charge in [0, 0.05) is 32.2 Å². The number of hydrogen-bond donors (Lipinski definition) is 1. The second-order valence-electron chi connectivity index (χ2n) is 7.64. The van der Waals surface area contributed by atoms with Gasteiger partial charge in [-0.25, -0.2) is 0 Å². The van der Waals surface area contributed by atoms with Crippen LogP contribution in [0.4, 0.5) is 0 Å². The third-order valence-corrected chi connectivity index (χ3v) is 4.20. The van der Waals surface area contributed by atoms with Crippen LogP contribution >= 0.6 is 0 Å². The van der Waals surface area contributed by atoms with Crippen LogP contribution in [0.2, 0.25) is 0 Å². The fraction of sp³-hybridized carbons (Fsp3) is 1.00. The Morgan fingerprint density at radius 3 is 2.63 bits per heavy atom. The summed E-state index contributed by atoms with van der Waals surface area (Å²) < 4.78 is 0. The summed E-state index contributed by atoms with van der Waals surface area (Å²) in [7, 11) is 0. The molecule has 0 aromatic heterocycles. The zero-order chi connectivity index (χ0) is 14.3. The standard InChI is InChI=1S/C17H36N2/c1-6-7-8-9-17(4,5)14-19-11-10-18-16(13-19)12-15(2)3/h15-16,18H,6-14H2,1-5H3. The van der Waals surface area contributed by atoms with Crippen LogP contribution in [-0.4, -0.2) is 37.1 Å². The van der Waals surface area contributed by atoms with Gasteiger partial charge in [-0.1, -0.05) is 53.9 Å². The maximum absolute atomic E-state index is 3.68. The number of hydrogen-bond acceptors (Lipinski definition) is 2. The van der Waals surface area contributed by atoms with Gasteiger partial charge in [-0.15, -0.1) is 0 Å². The minimum absolute atomic E-state index is 0.481. The molecule has 0 aromatic carbocycles. The Kier molecular flexibility index (Phi) is 7.38. The quantitative estimate of drug-likeness (QED) is 0.671. The van der Waals surface area contributed by atoms with Gasteiger partial charge < -0.3 is 5.32 Å². The van der Waals surface area contributed by atoms with Gasteiger partial charge in [0.05, 0.1) is 0 Å². The lowest BCUT2D eigenvalue weighted by Gasteiger charge is -2.39. The highest BCUT2D eigenvalue weighted by Gasteiger charge is 2.25. The smallest absolute Gasteiger partial charge is 0.0198 e. The summed E-state index contributed by atoms with van der Waals surface area (Å²) in [5.74, 6) is 0.801. The van der Waals surface area contributed by atoms with Crippen molar-refractivity contribution in [3.8, 4) is 0 Å². The molecule has 2 nitrogen and oxygen atoms in total. The van der Waals surface area contributed by atoms with E-state index in [4.69, 9.17) is 0 Å². The molecule has 1 heterocycles. The largest absolute Gasteiger partial charge is 0.311 e. The van der Waals surface area contributed by atoms with Crippen molar-refractivity contribution in [1.29, 1.82) is 0 Å². The maximum Gasteiger partial charge on any atom is 0.0198 e. The molecule has 19 heavy (non-hydrogen) atoms. The summed E-state index contributed by atoms with van der Waals surface area (Å²) in [5, 5.41) is 3.68. The number of nitrogens with zero attached hydrogens (tertiary/aromatic N) is 1. The monoisotopic (exact) mass is 268 g/mol. The van der Waals surface area contributed by atoms with Crippen LogP contribution in [0.1, 0.15) is 66.7 Å². The van der Waals surface area contributed by atoms with Crippen molar-refractivity contribution >= 4 is 0 Å². The highest BCUT2D eigenvalue weighted by molar-refractivity contribution is 4.83. The first-order chi connectivity index (χ1) is 8.93. The van der Waals surface area contributed by atoms with Crippen molar-refractivity contribution in [2.75, 3.05) is 26.2 Å². The van der Waals surface area contributed by atoms with E-state index in [1.54, 1.807) is 0 Å². The van der Waals surface area contributed by atoms with Gasteiger partial charge >= 0.3 is 0 Å². The topological polar surface area (TPSA) is 15.3 Å². The molecule has 1 N–H and O–H groups in total. The lowest BCUT2D eigenvalue weighted by molar-refractivity contribution is 0.123. The lowest BCUT2D eigenvalue weighted by Crippen LogP contribution is -2.53. The summed E-state index contributed by atoms with van der Waals surface area (Å²) in [6, 6.07) is 0.709. The second-order valence-corrected chi connectivity index (χ2v) is 7.64. The van der Waals surface area contributed by atoms with Crippen LogP contribution < -0.4 is 5.32 Å². The number of piperazine rings is 1. The molecule has 114 valence electrons. The molecule has 0 radical (unpaired) electrons. The molecule has 1 atom stereocenters. The molecule has 1 saturated heterocycles. The van der Waals surface area contributed by atoms with E-state index < -0.39 is 0 Å². The Hall–Kier alpha value is -0.0800. The zero-order valence-corrected chi connectivity index (χ0v) is 14.0. The third-order valence-electron chi connectivity index (χ3n) is 4.20. The van der Waals surface area contributed by atoms with Crippen molar-refractivity contribution in [2.45, 2.75) is 72.8 Å². The number of unbranched alkanes of at least 4 members (excludes halogenated alkanes) is 2. The Labute approximate surface area is 121 Å². The first kappa shape index (κ1) is 17.0. The number of nitrogens with one attached hydrogen (secondary N) is 1. The van der Waals surface area contributed by atoms with Crippen molar-refractivity contribution < 1.29 is 0 Å². The molecule has 0 saturated carbocycles. The predicted molar refractivity (Wildman–Crippen MR) is 85.6 cm³/mol. The van der Waals surface area contributed by atoms with Gasteiger partial charge in [-0.05, 0) is 24.2 Å². The van der Waals surface area contributed by atoms with Crippen LogP contribution in [0.5, 0.6) is 0 Å². The molecule has 0 aliphatic carbocycles. The maximum atomic E-state index is 3.68. The van der Waals surface area contributed by atoms with Gasteiger partial charge in [0.1, 0.15) is 0 Å². The molecule has 2 heteroatoms. The minimum atomic E-state index is 0.481. The van der Waals surface area contributed by atoms with E-state index >= 15 is 0 Å². The Morgan fingerprint density at radius 1 is 1.26 bits per heavy atom. The molecule has 0 bridgehead atoms. The molecular weight excluding hydrogens is 232 g/mol. The molecule has 1 fully saturated rings. The summed E-state index contributed by atoms with van der Waals surface area (Å²) in [6.07, 6.45) is 6.80. The average Bonchev–Trinajstić information content (AvgIpc) is 2.27. The van der Waals surface area contributed by atoms with Gasteiger partial charge in [0.15, 0.2) is 0 Å². The fourth-order valence-corrected chi connectivity index (χ4v) is 3.30. The Morgan fingerprint density at radius 2 is 2.00 bits per heavy atom. The third kappa shape index (κ3) is 7.31. The summed E-state index contributed by atoms with van der Waals surface area (Å²) in [5.41, 5.74) is 0.481. The average molecular weight is 268 g/mol.